The van der Waals surface area contributed by atoms with E-state index in [-0.39, 0.29) is 17.8 Å². The number of ether oxygens (including phenoxy) is 1. The number of benzene rings is 2. The van der Waals surface area contributed by atoms with Crippen molar-refractivity contribution in [1.29, 1.82) is 0 Å². The Balaban J connectivity index is 1.37. The van der Waals surface area contributed by atoms with Gasteiger partial charge >= 0.3 is 0 Å². The first kappa shape index (κ1) is 20.9. The summed E-state index contributed by atoms with van der Waals surface area (Å²) >= 11 is 0. The van der Waals surface area contributed by atoms with E-state index in [0.717, 1.165) is 52.4 Å². The van der Waals surface area contributed by atoms with Crippen LogP contribution in [0.25, 0.3) is 22.3 Å². The Morgan fingerprint density at radius 1 is 1.18 bits per heavy atom. The van der Waals surface area contributed by atoms with Gasteiger partial charge < -0.3 is 26.1 Å². The van der Waals surface area contributed by atoms with E-state index < -0.39 is 0 Å². The predicted octanol–water partition coefficient (Wildman–Crippen LogP) is 2.27. The van der Waals surface area contributed by atoms with Crippen LogP contribution in [0.2, 0.25) is 0 Å². The summed E-state index contributed by atoms with van der Waals surface area (Å²) < 4.78 is 5.99. The Morgan fingerprint density at radius 3 is 2.94 bits per heavy atom. The second-order valence-electron chi connectivity index (χ2n) is 8.05. The maximum Gasteiger partial charge on any atom is 0.251 e. The van der Waals surface area contributed by atoms with Crippen molar-refractivity contribution >= 4 is 22.9 Å². The molecular weight excluding hydrogens is 418 g/mol. The fraction of sp³-hybridized carbons (Fsp3) is 0.250. The third-order valence-corrected chi connectivity index (χ3v) is 5.75. The van der Waals surface area contributed by atoms with Gasteiger partial charge in [-0.3, -0.25) is 4.79 Å². The quantitative estimate of drug-likeness (QED) is 0.336. The highest BCUT2D eigenvalue weighted by Gasteiger charge is 2.25. The molecule has 0 saturated carbocycles. The number of hydrogen-bond donors (Lipinski definition) is 4. The van der Waals surface area contributed by atoms with Crippen molar-refractivity contribution in [1.82, 2.24) is 30.6 Å². The maximum atomic E-state index is 12.4. The summed E-state index contributed by atoms with van der Waals surface area (Å²) in [5.41, 5.74) is 10.9. The number of carbonyl (C=O) groups excluding carboxylic acids is 1. The largest absolute Gasteiger partial charge is 0.493 e. The molecule has 0 bridgehead atoms. The Morgan fingerprint density at radius 2 is 2.09 bits per heavy atom. The number of hydrogen-bond acceptors (Lipinski definition) is 7. The first-order chi connectivity index (χ1) is 16.1. The third-order valence-electron chi connectivity index (χ3n) is 5.75. The normalized spacial score (nSPS) is 15.1. The lowest BCUT2D eigenvalue weighted by Crippen LogP contribution is -2.30. The molecule has 0 spiro atoms. The Kier molecular flexibility index (Phi) is 5.62. The van der Waals surface area contributed by atoms with Gasteiger partial charge in [0.1, 0.15) is 11.6 Å². The summed E-state index contributed by atoms with van der Waals surface area (Å²) in [5.74, 6) is 1.89. The molecule has 0 fully saturated rings. The number of likely N-dealkylation sites (N-methyl/N-ethyl adjacent to an activating group) is 1. The van der Waals surface area contributed by atoms with E-state index in [1.54, 1.807) is 12.3 Å². The lowest BCUT2D eigenvalue weighted by molar-refractivity contribution is 0.0954. The Hall–Kier alpha value is -3.98. The molecule has 1 atom stereocenters. The average Bonchev–Trinajstić information content (AvgIpc) is 3.27. The smallest absolute Gasteiger partial charge is 0.251 e. The van der Waals surface area contributed by atoms with Crippen LogP contribution in [0.5, 0.6) is 5.75 Å². The van der Waals surface area contributed by atoms with Crippen LogP contribution in [-0.2, 0) is 6.42 Å². The van der Waals surface area contributed by atoms with Crippen molar-refractivity contribution in [3.63, 3.8) is 0 Å². The van der Waals surface area contributed by atoms with Gasteiger partial charge in [-0.2, -0.15) is 0 Å². The standard InChI is InChI=1S/C24H25N7O2/c1-26-8-9-27-23(32)15-3-5-21-16(10-15)11-17(13-33-21)22-29-19-4-2-14(12-20(19)30-22)18-6-7-28-24(25)31-18/h2-7,10,12,17,26H,8-9,11,13H2,1H3,(H,27,32)(H,29,30)(H2,25,28,31). The molecular formula is C24H25N7O2. The van der Waals surface area contributed by atoms with Crippen molar-refractivity contribution in [3.8, 4) is 17.0 Å². The molecule has 33 heavy (non-hydrogen) atoms. The summed E-state index contributed by atoms with van der Waals surface area (Å²) in [6.45, 7) is 1.82. The van der Waals surface area contributed by atoms with Gasteiger partial charge in [-0.15, -0.1) is 0 Å². The number of carbonyl (C=O) groups is 1. The van der Waals surface area contributed by atoms with Gasteiger partial charge in [-0.25, -0.2) is 15.0 Å². The van der Waals surface area contributed by atoms with E-state index in [1.165, 1.54) is 0 Å². The van der Waals surface area contributed by atoms with Gasteiger partial charge in [-0.05, 0) is 55.4 Å². The highest BCUT2D eigenvalue weighted by molar-refractivity contribution is 5.94. The number of fused-ring (bicyclic) bond motifs is 2. The molecule has 0 aliphatic carbocycles. The molecule has 9 heteroatoms. The Bertz CT molecular complexity index is 1320. The molecule has 0 radical (unpaired) electrons. The molecule has 1 amide bonds. The summed E-state index contributed by atoms with van der Waals surface area (Å²) in [7, 11) is 1.85. The van der Waals surface area contributed by atoms with Crippen molar-refractivity contribution in [2.75, 3.05) is 32.5 Å². The first-order valence-electron chi connectivity index (χ1n) is 10.9. The minimum absolute atomic E-state index is 0.0608. The number of nitrogens with one attached hydrogen (secondary N) is 3. The molecule has 4 aromatic rings. The van der Waals surface area contributed by atoms with Gasteiger partial charge in [0.25, 0.3) is 5.91 Å². The van der Waals surface area contributed by atoms with E-state index in [9.17, 15) is 4.79 Å². The molecule has 1 aliphatic rings. The third kappa shape index (κ3) is 4.35. The number of aromatic amines is 1. The molecule has 1 unspecified atom stereocenters. The Labute approximate surface area is 190 Å². The fourth-order valence-electron chi connectivity index (χ4n) is 4.03. The van der Waals surface area contributed by atoms with Crippen LogP contribution in [0.4, 0.5) is 5.95 Å². The number of nitrogens with zero attached hydrogens (tertiary/aromatic N) is 3. The molecule has 5 N–H and O–H groups in total. The molecule has 1 aliphatic heterocycles. The molecule has 9 nitrogen and oxygen atoms in total. The van der Waals surface area contributed by atoms with Crippen LogP contribution in [0.1, 0.15) is 27.7 Å². The van der Waals surface area contributed by atoms with Gasteiger partial charge in [-0.1, -0.05) is 6.07 Å². The van der Waals surface area contributed by atoms with Crippen LogP contribution < -0.4 is 21.1 Å². The number of imidazole rings is 1. The van der Waals surface area contributed by atoms with Gasteiger partial charge in [0.2, 0.25) is 5.95 Å². The van der Waals surface area contributed by atoms with Crippen LogP contribution in [-0.4, -0.2) is 52.6 Å². The van der Waals surface area contributed by atoms with E-state index in [1.807, 2.05) is 43.4 Å². The predicted molar refractivity (Wildman–Crippen MR) is 126 cm³/mol. The fourth-order valence-corrected chi connectivity index (χ4v) is 4.03. The number of anilines is 1. The number of nitrogens with two attached hydrogens (primary N) is 1. The average molecular weight is 444 g/mol. The first-order valence-corrected chi connectivity index (χ1v) is 10.9. The van der Waals surface area contributed by atoms with E-state index >= 15 is 0 Å². The minimum atomic E-state index is -0.0863. The lowest BCUT2D eigenvalue weighted by atomic mass is 9.94. The molecule has 3 heterocycles. The molecule has 2 aromatic carbocycles. The zero-order chi connectivity index (χ0) is 22.8. The topological polar surface area (TPSA) is 131 Å². The van der Waals surface area contributed by atoms with E-state index in [4.69, 9.17) is 15.5 Å². The minimum Gasteiger partial charge on any atom is -0.493 e. The van der Waals surface area contributed by atoms with Gasteiger partial charge in [0.15, 0.2) is 0 Å². The molecule has 5 rings (SSSR count). The van der Waals surface area contributed by atoms with Crippen molar-refractivity contribution in [2.45, 2.75) is 12.3 Å². The van der Waals surface area contributed by atoms with Crippen LogP contribution in [0.15, 0.2) is 48.7 Å². The summed E-state index contributed by atoms with van der Waals surface area (Å²) in [6, 6.07) is 13.4. The SMILES string of the molecule is CNCCNC(=O)c1ccc2c(c1)CC(c1nc3ccc(-c4ccnc(N)n4)cc3[nH]1)CO2. The number of aromatic nitrogens is 4. The molecule has 2 aromatic heterocycles. The van der Waals surface area contributed by atoms with E-state index in [2.05, 4.69) is 25.6 Å². The molecule has 168 valence electrons. The van der Waals surface area contributed by atoms with Crippen LogP contribution in [0, 0.1) is 0 Å². The monoisotopic (exact) mass is 443 g/mol. The second kappa shape index (κ2) is 8.87. The summed E-state index contributed by atoms with van der Waals surface area (Å²) in [5, 5.41) is 5.93. The zero-order valence-corrected chi connectivity index (χ0v) is 18.3. The van der Waals surface area contributed by atoms with Crippen molar-refractivity contribution in [2.24, 2.45) is 0 Å². The lowest BCUT2D eigenvalue weighted by Gasteiger charge is -2.24. The number of H-pyrrole nitrogens is 1. The van der Waals surface area contributed by atoms with Crippen LogP contribution in [0.3, 0.4) is 0 Å². The molecule has 0 saturated heterocycles. The number of nitrogen functional groups attached to an aromatic ring is 1. The second-order valence-corrected chi connectivity index (χ2v) is 8.05. The van der Waals surface area contributed by atoms with Crippen molar-refractivity contribution in [3.05, 3.63) is 65.6 Å². The summed E-state index contributed by atoms with van der Waals surface area (Å²) in [4.78, 5) is 28.9. The highest BCUT2D eigenvalue weighted by Crippen LogP contribution is 2.33. The van der Waals surface area contributed by atoms with Gasteiger partial charge in [0.05, 0.1) is 29.3 Å². The maximum absolute atomic E-state index is 12.4. The van der Waals surface area contributed by atoms with Crippen molar-refractivity contribution < 1.29 is 9.53 Å². The van der Waals surface area contributed by atoms with Gasteiger partial charge in [0, 0.05) is 30.4 Å². The summed E-state index contributed by atoms with van der Waals surface area (Å²) in [6.07, 6.45) is 2.38. The zero-order valence-electron chi connectivity index (χ0n) is 18.3. The van der Waals surface area contributed by atoms with E-state index in [0.29, 0.717) is 18.7 Å². The van der Waals surface area contributed by atoms with Crippen LogP contribution >= 0.6 is 0 Å². The highest BCUT2D eigenvalue weighted by atomic mass is 16.5. The number of amides is 1. The number of rotatable bonds is 6.